The van der Waals surface area contributed by atoms with Crippen LogP contribution in [0, 0.1) is 0 Å². The third-order valence-electron chi connectivity index (χ3n) is 4.74. The molecule has 1 saturated heterocycles. The van der Waals surface area contributed by atoms with Gasteiger partial charge < -0.3 is 19.8 Å². The average molecular weight is 297 g/mol. The molecular weight excluding hydrogens is 270 g/mol. The molecule has 1 heterocycles. The zero-order valence-corrected chi connectivity index (χ0v) is 13.1. The zero-order chi connectivity index (χ0) is 15.4. The summed E-state index contributed by atoms with van der Waals surface area (Å²) in [4.78, 5) is 29.9. The number of carboxylic acids is 1. The van der Waals surface area contributed by atoms with Crippen molar-refractivity contribution in [3.05, 3.63) is 0 Å². The number of nitrogens with zero attached hydrogens (tertiary/aromatic N) is 3. The van der Waals surface area contributed by atoms with Crippen LogP contribution in [0.25, 0.3) is 0 Å². The molecular formula is C15H27N3O3. The largest absolute Gasteiger partial charge is 0.480 e. The van der Waals surface area contributed by atoms with Gasteiger partial charge in [0.05, 0.1) is 0 Å². The summed E-state index contributed by atoms with van der Waals surface area (Å²) in [7, 11) is 2.04. The van der Waals surface area contributed by atoms with E-state index in [-0.39, 0.29) is 12.1 Å². The van der Waals surface area contributed by atoms with Crippen LogP contribution < -0.4 is 0 Å². The highest BCUT2D eigenvalue weighted by Crippen LogP contribution is 2.25. The summed E-state index contributed by atoms with van der Waals surface area (Å²) in [6, 6.07) is -0.762. The van der Waals surface area contributed by atoms with E-state index in [0.29, 0.717) is 13.1 Å². The number of likely N-dealkylation sites (N-methyl/N-ethyl adjacent to an activating group) is 1. The van der Waals surface area contributed by atoms with E-state index >= 15 is 0 Å². The summed E-state index contributed by atoms with van der Waals surface area (Å²) in [6.07, 6.45) is 5.22. The Morgan fingerprint density at radius 2 is 1.67 bits per heavy atom. The number of rotatable bonds is 3. The fourth-order valence-corrected chi connectivity index (χ4v) is 3.28. The summed E-state index contributed by atoms with van der Waals surface area (Å²) < 4.78 is 0. The zero-order valence-electron chi connectivity index (χ0n) is 13.1. The number of carbonyl (C=O) groups is 2. The van der Waals surface area contributed by atoms with Gasteiger partial charge in [-0.05, 0) is 26.8 Å². The van der Waals surface area contributed by atoms with Crippen molar-refractivity contribution in [3.63, 3.8) is 0 Å². The van der Waals surface area contributed by atoms with E-state index < -0.39 is 12.0 Å². The summed E-state index contributed by atoms with van der Waals surface area (Å²) in [5.41, 5.74) is 0. The van der Waals surface area contributed by atoms with Gasteiger partial charge in [-0.2, -0.15) is 0 Å². The second kappa shape index (κ2) is 7.11. The van der Waals surface area contributed by atoms with Crippen molar-refractivity contribution in [1.82, 2.24) is 14.7 Å². The molecule has 0 radical (unpaired) electrons. The summed E-state index contributed by atoms with van der Waals surface area (Å²) in [5.74, 6) is -0.914. The molecule has 6 heteroatoms. The van der Waals surface area contributed by atoms with E-state index in [9.17, 15) is 14.7 Å². The van der Waals surface area contributed by atoms with Crippen LogP contribution in [0.5, 0.6) is 0 Å². The van der Waals surface area contributed by atoms with Gasteiger partial charge in [-0.15, -0.1) is 0 Å². The number of carboxylic acid groups (broad SMARTS) is 1. The van der Waals surface area contributed by atoms with Gasteiger partial charge in [-0.1, -0.05) is 19.3 Å². The van der Waals surface area contributed by atoms with Crippen molar-refractivity contribution in [3.8, 4) is 0 Å². The average Bonchev–Trinajstić information content (AvgIpc) is 2.49. The SMILES string of the molecule is C[C@@H](C(=O)O)N(C(=O)N1CCN(C)CC1)C1CCCCC1. The van der Waals surface area contributed by atoms with Crippen LogP contribution in [-0.4, -0.2) is 77.1 Å². The number of hydrogen-bond donors (Lipinski definition) is 1. The maximum atomic E-state index is 12.8. The standard InChI is InChI=1S/C15H27N3O3/c1-12(14(19)20)18(13-6-4-3-5-7-13)15(21)17-10-8-16(2)9-11-17/h12-13H,3-11H2,1-2H3,(H,19,20)/t12-/m0/s1. The van der Waals surface area contributed by atoms with Crippen molar-refractivity contribution in [1.29, 1.82) is 0 Å². The van der Waals surface area contributed by atoms with Crippen molar-refractivity contribution >= 4 is 12.0 Å². The molecule has 0 bridgehead atoms. The second-order valence-corrected chi connectivity index (χ2v) is 6.29. The molecule has 1 saturated carbocycles. The topological polar surface area (TPSA) is 64.1 Å². The monoisotopic (exact) mass is 297 g/mol. The molecule has 1 N–H and O–H groups in total. The van der Waals surface area contributed by atoms with E-state index in [1.807, 2.05) is 11.9 Å². The van der Waals surface area contributed by atoms with Crippen LogP contribution in [0.15, 0.2) is 0 Å². The number of hydrogen-bond acceptors (Lipinski definition) is 3. The van der Waals surface area contributed by atoms with Gasteiger partial charge in [0, 0.05) is 32.2 Å². The van der Waals surface area contributed by atoms with Crippen LogP contribution in [-0.2, 0) is 4.79 Å². The lowest BCUT2D eigenvalue weighted by molar-refractivity contribution is -0.142. The number of piperazine rings is 1. The maximum Gasteiger partial charge on any atom is 0.326 e. The molecule has 6 nitrogen and oxygen atoms in total. The Morgan fingerprint density at radius 3 is 2.19 bits per heavy atom. The third-order valence-corrected chi connectivity index (χ3v) is 4.74. The molecule has 0 unspecified atom stereocenters. The van der Waals surface area contributed by atoms with Crippen molar-refractivity contribution < 1.29 is 14.7 Å². The highest BCUT2D eigenvalue weighted by atomic mass is 16.4. The van der Waals surface area contributed by atoms with E-state index in [1.54, 1.807) is 11.8 Å². The van der Waals surface area contributed by atoms with Crippen LogP contribution in [0.3, 0.4) is 0 Å². The quantitative estimate of drug-likeness (QED) is 0.856. The normalized spacial score (nSPS) is 22.9. The first-order valence-corrected chi connectivity index (χ1v) is 7.99. The molecule has 0 spiro atoms. The summed E-state index contributed by atoms with van der Waals surface area (Å²) >= 11 is 0. The van der Waals surface area contributed by atoms with Crippen LogP contribution in [0.2, 0.25) is 0 Å². The van der Waals surface area contributed by atoms with Crippen molar-refractivity contribution in [2.75, 3.05) is 33.2 Å². The Labute approximate surface area is 126 Å². The van der Waals surface area contributed by atoms with E-state index in [0.717, 1.165) is 38.8 Å². The van der Waals surface area contributed by atoms with E-state index in [2.05, 4.69) is 4.90 Å². The number of aliphatic carboxylic acids is 1. The third kappa shape index (κ3) is 3.87. The Morgan fingerprint density at radius 1 is 1.10 bits per heavy atom. The van der Waals surface area contributed by atoms with Gasteiger partial charge >= 0.3 is 12.0 Å². The number of carbonyl (C=O) groups excluding carboxylic acids is 1. The van der Waals surface area contributed by atoms with Gasteiger partial charge in [0.25, 0.3) is 0 Å². The van der Waals surface area contributed by atoms with Crippen molar-refractivity contribution in [2.45, 2.75) is 51.1 Å². The Kier molecular flexibility index (Phi) is 5.45. The molecule has 2 amide bonds. The molecule has 1 aliphatic heterocycles. The minimum absolute atomic E-state index is 0.0806. The smallest absolute Gasteiger partial charge is 0.326 e. The molecule has 0 aromatic carbocycles. The van der Waals surface area contributed by atoms with E-state index in [1.165, 1.54) is 6.42 Å². The number of urea groups is 1. The molecule has 120 valence electrons. The van der Waals surface area contributed by atoms with Gasteiger partial charge in [0.2, 0.25) is 0 Å². The molecule has 1 aliphatic carbocycles. The first-order chi connectivity index (χ1) is 10.0. The predicted molar refractivity (Wildman–Crippen MR) is 80.3 cm³/mol. The highest BCUT2D eigenvalue weighted by Gasteiger charge is 2.36. The molecule has 0 aromatic rings. The molecule has 2 rings (SSSR count). The minimum atomic E-state index is -0.914. The second-order valence-electron chi connectivity index (χ2n) is 6.29. The summed E-state index contributed by atoms with van der Waals surface area (Å²) in [6.45, 7) is 4.71. The first-order valence-electron chi connectivity index (χ1n) is 7.99. The van der Waals surface area contributed by atoms with Crippen molar-refractivity contribution in [2.24, 2.45) is 0 Å². The Hall–Kier alpha value is -1.30. The Bertz CT molecular complexity index is 374. The lowest BCUT2D eigenvalue weighted by Crippen LogP contribution is -2.58. The molecule has 2 aliphatic rings. The minimum Gasteiger partial charge on any atom is -0.480 e. The lowest BCUT2D eigenvalue weighted by Gasteiger charge is -2.42. The van der Waals surface area contributed by atoms with Gasteiger partial charge in [-0.3, -0.25) is 0 Å². The fourth-order valence-electron chi connectivity index (χ4n) is 3.28. The lowest BCUT2D eigenvalue weighted by atomic mass is 9.93. The molecule has 2 fully saturated rings. The molecule has 1 atom stereocenters. The maximum absolute atomic E-state index is 12.8. The number of amides is 2. The fraction of sp³-hybridized carbons (Fsp3) is 0.867. The van der Waals surface area contributed by atoms with Crippen LogP contribution in [0.4, 0.5) is 4.79 Å². The Balaban J connectivity index is 2.09. The van der Waals surface area contributed by atoms with Gasteiger partial charge in [-0.25, -0.2) is 9.59 Å². The molecule has 21 heavy (non-hydrogen) atoms. The molecule has 0 aromatic heterocycles. The highest BCUT2D eigenvalue weighted by molar-refractivity contribution is 5.82. The van der Waals surface area contributed by atoms with Crippen LogP contribution in [0.1, 0.15) is 39.0 Å². The van der Waals surface area contributed by atoms with Gasteiger partial charge in [0.15, 0.2) is 0 Å². The van der Waals surface area contributed by atoms with Gasteiger partial charge in [0.1, 0.15) is 6.04 Å². The van der Waals surface area contributed by atoms with E-state index in [4.69, 9.17) is 0 Å². The predicted octanol–water partition coefficient (Wildman–Crippen LogP) is 1.46. The van der Waals surface area contributed by atoms with Crippen LogP contribution >= 0.6 is 0 Å². The first kappa shape index (κ1) is 16.1. The summed E-state index contributed by atoms with van der Waals surface area (Å²) in [5, 5.41) is 9.35.